The van der Waals surface area contributed by atoms with Crippen LogP contribution in [0.15, 0.2) is 27.4 Å². The molecular formula is C11H11NO4. The fourth-order valence-corrected chi connectivity index (χ4v) is 1.89. The fourth-order valence-electron chi connectivity index (χ4n) is 1.89. The van der Waals surface area contributed by atoms with Gasteiger partial charge in [-0.05, 0) is 17.7 Å². The zero-order valence-electron chi connectivity index (χ0n) is 8.77. The molecular weight excluding hydrogens is 210 g/mol. The summed E-state index contributed by atoms with van der Waals surface area (Å²) >= 11 is 0. The summed E-state index contributed by atoms with van der Waals surface area (Å²) < 4.78 is 11.5. The first-order valence-corrected chi connectivity index (χ1v) is 5.00. The summed E-state index contributed by atoms with van der Waals surface area (Å²) in [5.41, 5.74) is 1.01. The molecule has 1 aromatic heterocycles. The molecule has 84 valence electrons. The van der Waals surface area contributed by atoms with Gasteiger partial charge in [-0.15, -0.1) is 0 Å². The van der Waals surface area contributed by atoms with Crippen molar-refractivity contribution in [2.24, 2.45) is 7.05 Å². The maximum atomic E-state index is 11.3. The minimum absolute atomic E-state index is 0.287. The SMILES string of the molecule is Cn1c(=O)oc2cc(C3(O)COC3)ccc21. The van der Waals surface area contributed by atoms with E-state index in [-0.39, 0.29) is 13.2 Å². The molecule has 1 aromatic carbocycles. The van der Waals surface area contributed by atoms with Gasteiger partial charge in [0.15, 0.2) is 5.58 Å². The molecule has 0 radical (unpaired) electrons. The number of fused-ring (bicyclic) bond motifs is 1. The van der Waals surface area contributed by atoms with Crippen molar-refractivity contribution in [2.75, 3.05) is 13.2 Å². The van der Waals surface area contributed by atoms with Crippen molar-refractivity contribution in [3.8, 4) is 0 Å². The Bertz CT molecular complexity index is 606. The van der Waals surface area contributed by atoms with Gasteiger partial charge in [-0.25, -0.2) is 4.79 Å². The van der Waals surface area contributed by atoms with Gasteiger partial charge in [0.1, 0.15) is 5.60 Å². The molecule has 5 nitrogen and oxygen atoms in total. The number of hydrogen-bond donors (Lipinski definition) is 1. The molecule has 0 spiro atoms. The summed E-state index contributed by atoms with van der Waals surface area (Å²) in [7, 11) is 1.65. The Labute approximate surface area is 90.9 Å². The first kappa shape index (κ1) is 9.62. The summed E-state index contributed by atoms with van der Waals surface area (Å²) in [6.45, 7) is 0.575. The molecule has 5 heteroatoms. The molecule has 0 amide bonds. The van der Waals surface area contributed by atoms with Gasteiger partial charge in [-0.3, -0.25) is 4.57 Å². The Balaban J connectivity index is 2.20. The van der Waals surface area contributed by atoms with Crippen LogP contribution in [0.2, 0.25) is 0 Å². The third kappa shape index (κ3) is 1.15. The third-order valence-electron chi connectivity index (χ3n) is 3.01. The van der Waals surface area contributed by atoms with E-state index in [0.717, 1.165) is 11.1 Å². The van der Waals surface area contributed by atoms with Crippen LogP contribution in [-0.2, 0) is 17.4 Å². The van der Waals surface area contributed by atoms with Crippen LogP contribution in [0.5, 0.6) is 0 Å². The molecule has 3 rings (SSSR count). The fraction of sp³-hybridized carbons (Fsp3) is 0.364. The third-order valence-corrected chi connectivity index (χ3v) is 3.01. The van der Waals surface area contributed by atoms with E-state index in [1.54, 1.807) is 25.2 Å². The molecule has 1 fully saturated rings. The van der Waals surface area contributed by atoms with Crippen LogP contribution in [0.1, 0.15) is 5.56 Å². The Kier molecular flexibility index (Phi) is 1.78. The standard InChI is InChI=1S/C11H11NO4/c1-12-8-3-2-7(11(14)5-15-6-11)4-9(8)16-10(12)13/h2-4,14H,5-6H2,1H3. The van der Waals surface area contributed by atoms with E-state index in [2.05, 4.69) is 0 Å². The molecule has 2 heterocycles. The van der Waals surface area contributed by atoms with Gasteiger partial charge in [-0.1, -0.05) is 6.07 Å². The average Bonchev–Trinajstić information content (AvgIpc) is 2.51. The topological polar surface area (TPSA) is 64.6 Å². The maximum absolute atomic E-state index is 11.3. The van der Waals surface area contributed by atoms with Crippen LogP contribution in [0.3, 0.4) is 0 Å². The van der Waals surface area contributed by atoms with Crippen molar-refractivity contribution in [3.63, 3.8) is 0 Å². The van der Waals surface area contributed by atoms with Crippen molar-refractivity contribution in [3.05, 3.63) is 34.3 Å². The van der Waals surface area contributed by atoms with Crippen molar-refractivity contribution in [2.45, 2.75) is 5.60 Å². The molecule has 2 aromatic rings. The number of ether oxygens (including phenoxy) is 1. The second-order valence-corrected chi connectivity index (χ2v) is 4.13. The largest absolute Gasteiger partial charge is 0.419 e. The van der Waals surface area contributed by atoms with Crippen molar-refractivity contribution >= 4 is 11.1 Å². The van der Waals surface area contributed by atoms with Gasteiger partial charge in [0.25, 0.3) is 0 Å². The van der Waals surface area contributed by atoms with E-state index in [4.69, 9.17) is 9.15 Å². The highest BCUT2D eigenvalue weighted by molar-refractivity contribution is 5.74. The Morgan fingerprint density at radius 2 is 2.19 bits per heavy atom. The van der Waals surface area contributed by atoms with Crippen LogP contribution in [-0.4, -0.2) is 22.9 Å². The van der Waals surface area contributed by atoms with Gasteiger partial charge in [0.05, 0.1) is 18.7 Å². The van der Waals surface area contributed by atoms with Crippen molar-refractivity contribution in [1.82, 2.24) is 4.57 Å². The highest BCUT2D eigenvalue weighted by Gasteiger charge is 2.38. The molecule has 0 bridgehead atoms. The molecule has 1 saturated heterocycles. The second-order valence-electron chi connectivity index (χ2n) is 4.13. The van der Waals surface area contributed by atoms with Crippen LogP contribution < -0.4 is 5.76 Å². The van der Waals surface area contributed by atoms with Crippen molar-refractivity contribution in [1.29, 1.82) is 0 Å². The summed E-state index contributed by atoms with van der Waals surface area (Å²) in [5.74, 6) is -0.399. The summed E-state index contributed by atoms with van der Waals surface area (Å²) in [6, 6.07) is 5.25. The molecule has 1 aliphatic rings. The number of aliphatic hydroxyl groups is 1. The van der Waals surface area contributed by atoms with E-state index in [0.29, 0.717) is 5.58 Å². The Morgan fingerprint density at radius 1 is 1.44 bits per heavy atom. The number of nitrogens with zero attached hydrogens (tertiary/aromatic N) is 1. The number of aryl methyl sites for hydroxylation is 1. The Hall–Kier alpha value is -1.59. The molecule has 0 saturated carbocycles. The zero-order chi connectivity index (χ0) is 11.3. The van der Waals surface area contributed by atoms with E-state index in [1.807, 2.05) is 0 Å². The quantitative estimate of drug-likeness (QED) is 0.754. The number of benzene rings is 1. The highest BCUT2D eigenvalue weighted by Crippen LogP contribution is 2.30. The van der Waals surface area contributed by atoms with Crippen LogP contribution in [0.25, 0.3) is 11.1 Å². The number of oxazole rings is 1. The second kappa shape index (κ2) is 2.96. The average molecular weight is 221 g/mol. The van der Waals surface area contributed by atoms with Gasteiger partial charge in [0, 0.05) is 7.05 Å². The predicted octanol–water partition coefficient (Wildman–Crippen LogP) is 0.349. The lowest BCUT2D eigenvalue weighted by Crippen LogP contribution is -2.46. The van der Waals surface area contributed by atoms with E-state index >= 15 is 0 Å². The molecule has 1 N–H and O–H groups in total. The number of hydrogen-bond acceptors (Lipinski definition) is 4. The van der Waals surface area contributed by atoms with E-state index < -0.39 is 11.4 Å². The highest BCUT2D eigenvalue weighted by atomic mass is 16.5. The first-order valence-electron chi connectivity index (χ1n) is 5.00. The molecule has 1 aliphatic heterocycles. The van der Waals surface area contributed by atoms with Crippen molar-refractivity contribution < 1.29 is 14.3 Å². The van der Waals surface area contributed by atoms with Crippen LogP contribution in [0, 0.1) is 0 Å². The van der Waals surface area contributed by atoms with E-state index in [1.165, 1.54) is 4.57 Å². The number of rotatable bonds is 1. The molecule has 0 unspecified atom stereocenters. The normalized spacial score (nSPS) is 18.6. The predicted molar refractivity (Wildman–Crippen MR) is 56.2 cm³/mol. The maximum Gasteiger partial charge on any atom is 0.419 e. The summed E-state index contributed by atoms with van der Waals surface area (Å²) in [4.78, 5) is 11.3. The zero-order valence-corrected chi connectivity index (χ0v) is 8.77. The molecule has 0 atom stereocenters. The lowest BCUT2D eigenvalue weighted by Gasteiger charge is -2.36. The van der Waals surface area contributed by atoms with E-state index in [9.17, 15) is 9.90 Å². The van der Waals surface area contributed by atoms with Crippen LogP contribution in [0.4, 0.5) is 0 Å². The van der Waals surface area contributed by atoms with Gasteiger partial charge in [-0.2, -0.15) is 0 Å². The van der Waals surface area contributed by atoms with Gasteiger partial charge >= 0.3 is 5.76 Å². The minimum Gasteiger partial charge on any atom is -0.408 e. The molecule has 0 aliphatic carbocycles. The molecule has 16 heavy (non-hydrogen) atoms. The minimum atomic E-state index is -0.928. The summed E-state index contributed by atoms with van der Waals surface area (Å²) in [6.07, 6.45) is 0. The lowest BCUT2D eigenvalue weighted by molar-refractivity contribution is -0.184. The smallest absolute Gasteiger partial charge is 0.408 e. The Morgan fingerprint density at radius 3 is 2.81 bits per heavy atom. The van der Waals surface area contributed by atoms with Crippen LogP contribution >= 0.6 is 0 Å². The van der Waals surface area contributed by atoms with Gasteiger partial charge < -0.3 is 14.3 Å². The van der Waals surface area contributed by atoms with Gasteiger partial charge in [0.2, 0.25) is 0 Å². The number of aromatic nitrogens is 1. The monoisotopic (exact) mass is 221 g/mol. The summed E-state index contributed by atoms with van der Waals surface area (Å²) in [5, 5.41) is 10.1. The first-order chi connectivity index (χ1) is 7.60. The lowest BCUT2D eigenvalue weighted by atomic mass is 9.92.